The lowest BCUT2D eigenvalue weighted by Gasteiger charge is -2.10. The van der Waals surface area contributed by atoms with Crippen LogP contribution in [0.3, 0.4) is 0 Å². The summed E-state index contributed by atoms with van der Waals surface area (Å²) in [7, 11) is 0. The number of aromatic amines is 1. The molecule has 0 saturated heterocycles. The minimum absolute atomic E-state index is 0.0767. The molecule has 5 nitrogen and oxygen atoms in total. The van der Waals surface area contributed by atoms with E-state index in [1.54, 1.807) is 4.57 Å². The highest BCUT2D eigenvalue weighted by Crippen LogP contribution is 2.30. The van der Waals surface area contributed by atoms with Gasteiger partial charge in [0.25, 0.3) is 0 Å². The molecule has 0 saturated carbocycles. The third-order valence-corrected chi connectivity index (χ3v) is 3.74. The Labute approximate surface area is 109 Å². The Morgan fingerprint density at radius 3 is 2.78 bits per heavy atom. The maximum absolute atomic E-state index is 11.6. The number of nitrogens with two attached hydrogens (primary N) is 1. The molecule has 1 aromatic carbocycles. The lowest BCUT2D eigenvalue weighted by Crippen LogP contribution is -2.19. The number of nitrogens with zero attached hydrogens (tertiary/aromatic N) is 2. The van der Waals surface area contributed by atoms with Crippen LogP contribution in [0.15, 0.2) is 33.0 Å². The zero-order valence-electron chi connectivity index (χ0n) is 10.6. The zero-order chi connectivity index (χ0) is 13.3. The van der Waals surface area contributed by atoms with Crippen molar-refractivity contribution in [2.45, 2.75) is 36.9 Å². The van der Waals surface area contributed by atoms with Gasteiger partial charge in [0.15, 0.2) is 5.16 Å². The molecule has 96 valence electrons. The first-order valence-corrected chi connectivity index (χ1v) is 6.51. The van der Waals surface area contributed by atoms with Crippen LogP contribution in [0.4, 0.5) is 5.69 Å². The highest BCUT2D eigenvalue weighted by Gasteiger charge is 2.13. The maximum Gasteiger partial charge on any atom is 0.344 e. The van der Waals surface area contributed by atoms with E-state index in [9.17, 15) is 4.79 Å². The van der Waals surface area contributed by atoms with Gasteiger partial charge >= 0.3 is 5.69 Å². The fourth-order valence-corrected chi connectivity index (χ4v) is 2.74. The van der Waals surface area contributed by atoms with Crippen LogP contribution < -0.4 is 11.4 Å². The first-order valence-electron chi connectivity index (χ1n) is 5.70. The lowest BCUT2D eigenvalue weighted by molar-refractivity contribution is 0.534. The number of nitrogens with one attached hydrogen (secondary N) is 1. The minimum atomic E-state index is -0.180. The normalized spacial score (nSPS) is 11.1. The van der Waals surface area contributed by atoms with Crippen LogP contribution in [0.25, 0.3) is 0 Å². The summed E-state index contributed by atoms with van der Waals surface area (Å²) in [5.74, 6) is 0. The molecule has 0 bridgehead atoms. The summed E-state index contributed by atoms with van der Waals surface area (Å²) in [5.41, 5.74) is 7.35. The minimum Gasteiger partial charge on any atom is -0.399 e. The van der Waals surface area contributed by atoms with Crippen molar-refractivity contribution >= 4 is 17.4 Å². The van der Waals surface area contributed by atoms with E-state index < -0.39 is 0 Å². The monoisotopic (exact) mass is 264 g/mol. The largest absolute Gasteiger partial charge is 0.399 e. The van der Waals surface area contributed by atoms with Crippen molar-refractivity contribution in [3.8, 4) is 0 Å². The Morgan fingerprint density at radius 1 is 1.44 bits per heavy atom. The summed E-state index contributed by atoms with van der Waals surface area (Å²) in [6.45, 7) is 5.90. The number of hydrogen-bond acceptors (Lipinski definition) is 4. The molecule has 0 unspecified atom stereocenters. The number of anilines is 1. The zero-order valence-corrected chi connectivity index (χ0v) is 11.4. The maximum atomic E-state index is 11.6. The molecule has 0 radical (unpaired) electrons. The van der Waals surface area contributed by atoms with Crippen LogP contribution >= 0.6 is 11.8 Å². The third-order valence-electron chi connectivity index (χ3n) is 2.59. The van der Waals surface area contributed by atoms with E-state index in [1.807, 2.05) is 39.0 Å². The van der Waals surface area contributed by atoms with E-state index >= 15 is 0 Å². The van der Waals surface area contributed by atoms with E-state index in [-0.39, 0.29) is 11.7 Å². The summed E-state index contributed by atoms with van der Waals surface area (Å²) >= 11 is 1.46. The predicted molar refractivity (Wildman–Crippen MR) is 72.9 cm³/mol. The first-order chi connectivity index (χ1) is 8.49. The van der Waals surface area contributed by atoms with Crippen LogP contribution in [0.5, 0.6) is 0 Å². The van der Waals surface area contributed by atoms with Crippen molar-refractivity contribution < 1.29 is 0 Å². The fourth-order valence-electron chi connectivity index (χ4n) is 1.70. The van der Waals surface area contributed by atoms with E-state index in [1.165, 1.54) is 11.8 Å². The summed E-state index contributed by atoms with van der Waals surface area (Å²) < 4.78 is 1.64. The molecule has 3 N–H and O–H groups in total. The number of rotatable bonds is 3. The van der Waals surface area contributed by atoms with Gasteiger partial charge in [-0.3, -0.25) is 4.57 Å². The quantitative estimate of drug-likeness (QED) is 0.833. The van der Waals surface area contributed by atoms with Crippen molar-refractivity contribution in [3.05, 3.63) is 34.2 Å². The van der Waals surface area contributed by atoms with Crippen molar-refractivity contribution in [1.29, 1.82) is 0 Å². The summed E-state index contributed by atoms with van der Waals surface area (Å²) in [6, 6.07) is 5.78. The van der Waals surface area contributed by atoms with Gasteiger partial charge in [-0.15, -0.1) is 5.10 Å². The predicted octanol–water partition coefficient (Wildman–Crippen LogP) is 2.19. The second-order valence-corrected chi connectivity index (χ2v) is 5.41. The van der Waals surface area contributed by atoms with Gasteiger partial charge in [0.05, 0.1) is 0 Å². The first kappa shape index (κ1) is 12.8. The van der Waals surface area contributed by atoms with Gasteiger partial charge in [-0.25, -0.2) is 9.89 Å². The summed E-state index contributed by atoms with van der Waals surface area (Å²) in [6.07, 6.45) is 0. The van der Waals surface area contributed by atoms with E-state index in [0.717, 1.165) is 16.1 Å². The molecule has 0 aliphatic carbocycles. The molecule has 0 aliphatic rings. The van der Waals surface area contributed by atoms with Crippen molar-refractivity contribution in [1.82, 2.24) is 14.8 Å². The van der Waals surface area contributed by atoms with Gasteiger partial charge in [0.1, 0.15) is 0 Å². The molecular weight excluding hydrogens is 248 g/mol. The van der Waals surface area contributed by atoms with Gasteiger partial charge in [0, 0.05) is 16.6 Å². The van der Waals surface area contributed by atoms with Crippen LogP contribution in [0, 0.1) is 6.92 Å². The number of aromatic nitrogens is 3. The molecule has 2 aromatic rings. The fraction of sp³-hybridized carbons (Fsp3) is 0.333. The Morgan fingerprint density at radius 2 is 2.17 bits per heavy atom. The Balaban J connectivity index is 2.37. The van der Waals surface area contributed by atoms with Crippen LogP contribution in [-0.2, 0) is 0 Å². The molecule has 0 fully saturated rings. The molecule has 1 heterocycles. The molecule has 18 heavy (non-hydrogen) atoms. The van der Waals surface area contributed by atoms with Crippen LogP contribution in [0.1, 0.15) is 25.5 Å². The number of nitrogen functional groups attached to an aromatic ring is 1. The second kappa shape index (κ2) is 4.89. The Hall–Kier alpha value is -1.69. The van der Waals surface area contributed by atoms with E-state index in [0.29, 0.717) is 5.16 Å². The van der Waals surface area contributed by atoms with Crippen molar-refractivity contribution in [3.63, 3.8) is 0 Å². The highest BCUT2D eigenvalue weighted by atomic mass is 32.2. The molecule has 0 spiro atoms. The molecule has 0 amide bonds. The molecule has 0 atom stereocenters. The Bertz CT molecular complexity index is 615. The highest BCUT2D eigenvalue weighted by molar-refractivity contribution is 7.99. The molecule has 0 aliphatic heterocycles. The topological polar surface area (TPSA) is 76.7 Å². The number of benzene rings is 1. The van der Waals surface area contributed by atoms with E-state index in [2.05, 4.69) is 10.2 Å². The SMILES string of the molecule is Cc1cc(N)ccc1Sc1n[nH]c(=O)n1C(C)C. The summed E-state index contributed by atoms with van der Waals surface area (Å²) in [5, 5.41) is 7.20. The third kappa shape index (κ3) is 2.43. The van der Waals surface area contributed by atoms with Gasteiger partial charge in [-0.05, 0) is 56.3 Å². The number of hydrogen-bond donors (Lipinski definition) is 2. The Kier molecular flexibility index (Phi) is 3.47. The van der Waals surface area contributed by atoms with Gasteiger partial charge < -0.3 is 5.73 Å². The second-order valence-electron chi connectivity index (χ2n) is 4.40. The standard InChI is InChI=1S/C12H16N4OS/c1-7(2)16-11(17)14-15-12(16)18-10-5-4-9(13)6-8(10)3/h4-7H,13H2,1-3H3,(H,14,17). The van der Waals surface area contributed by atoms with Gasteiger partial charge in [-0.2, -0.15) is 0 Å². The average Bonchev–Trinajstić information content (AvgIpc) is 2.64. The molecule has 2 rings (SSSR count). The van der Waals surface area contributed by atoms with Gasteiger partial charge in [-0.1, -0.05) is 0 Å². The number of aryl methyl sites for hydroxylation is 1. The molecular formula is C12H16N4OS. The van der Waals surface area contributed by atoms with Crippen LogP contribution in [0.2, 0.25) is 0 Å². The smallest absolute Gasteiger partial charge is 0.344 e. The van der Waals surface area contributed by atoms with Gasteiger partial charge in [0.2, 0.25) is 0 Å². The summed E-state index contributed by atoms with van der Waals surface area (Å²) in [4.78, 5) is 12.7. The van der Waals surface area contributed by atoms with Crippen molar-refractivity contribution in [2.24, 2.45) is 0 Å². The average molecular weight is 264 g/mol. The van der Waals surface area contributed by atoms with E-state index in [4.69, 9.17) is 5.73 Å². The number of H-pyrrole nitrogens is 1. The molecule has 1 aromatic heterocycles. The van der Waals surface area contributed by atoms with Crippen molar-refractivity contribution in [2.75, 3.05) is 5.73 Å². The molecule has 6 heteroatoms. The lowest BCUT2D eigenvalue weighted by atomic mass is 10.2. The van der Waals surface area contributed by atoms with Crippen LogP contribution in [-0.4, -0.2) is 14.8 Å².